The van der Waals surface area contributed by atoms with Crippen LogP contribution in [0.1, 0.15) is 32.3 Å². The summed E-state index contributed by atoms with van der Waals surface area (Å²) < 4.78 is 0. The van der Waals surface area contributed by atoms with E-state index in [-0.39, 0.29) is 5.91 Å². The number of nitrogens with zero attached hydrogens (tertiary/aromatic N) is 1. The van der Waals surface area contributed by atoms with Crippen LogP contribution in [0.25, 0.3) is 0 Å². The summed E-state index contributed by atoms with van der Waals surface area (Å²) >= 11 is 0. The number of nitrogens with one attached hydrogen (secondary N) is 1. The predicted molar refractivity (Wildman–Crippen MR) is 66.1 cm³/mol. The Morgan fingerprint density at radius 3 is 2.88 bits per heavy atom. The molecule has 1 aromatic carbocycles. The van der Waals surface area contributed by atoms with E-state index in [0.717, 1.165) is 17.7 Å². The normalized spacial score (nSPS) is 11.2. The van der Waals surface area contributed by atoms with Gasteiger partial charge in [-0.2, -0.15) is 5.10 Å². The highest BCUT2D eigenvalue weighted by molar-refractivity contribution is 5.99. The highest BCUT2D eigenvalue weighted by Gasteiger charge is 2.00. The van der Waals surface area contributed by atoms with Crippen LogP contribution in [0.3, 0.4) is 0 Å². The van der Waals surface area contributed by atoms with E-state index in [1.807, 2.05) is 38.1 Å². The average molecular weight is 219 g/mol. The minimum Gasteiger partial charge on any atom is -0.399 e. The summed E-state index contributed by atoms with van der Waals surface area (Å²) in [5.74, 6) is -0.0641. The number of hydrazone groups is 1. The van der Waals surface area contributed by atoms with Gasteiger partial charge in [0.05, 0.1) is 5.71 Å². The summed E-state index contributed by atoms with van der Waals surface area (Å²) in [7, 11) is 0. The Labute approximate surface area is 95.5 Å². The third kappa shape index (κ3) is 3.73. The van der Waals surface area contributed by atoms with E-state index in [0.29, 0.717) is 12.1 Å². The number of carbonyl (C=O) groups excluding carboxylic acids is 1. The van der Waals surface area contributed by atoms with Crippen LogP contribution in [-0.4, -0.2) is 11.6 Å². The summed E-state index contributed by atoms with van der Waals surface area (Å²) in [6.45, 7) is 3.79. The summed E-state index contributed by atoms with van der Waals surface area (Å²) in [5, 5.41) is 4.02. The molecule has 16 heavy (non-hydrogen) atoms. The number of anilines is 1. The van der Waals surface area contributed by atoms with Crippen molar-refractivity contribution in [2.24, 2.45) is 5.10 Å². The van der Waals surface area contributed by atoms with Crippen molar-refractivity contribution in [1.82, 2.24) is 5.43 Å². The minimum absolute atomic E-state index is 0.0641. The van der Waals surface area contributed by atoms with Gasteiger partial charge in [0.15, 0.2) is 0 Å². The molecule has 0 aromatic heterocycles. The van der Waals surface area contributed by atoms with E-state index in [1.54, 1.807) is 0 Å². The van der Waals surface area contributed by atoms with Gasteiger partial charge in [-0.25, -0.2) is 5.43 Å². The summed E-state index contributed by atoms with van der Waals surface area (Å²) in [6, 6.07) is 7.40. The highest BCUT2D eigenvalue weighted by Crippen LogP contribution is 2.07. The number of nitrogens with two attached hydrogens (primary N) is 1. The van der Waals surface area contributed by atoms with E-state index >= 15 is 0 Å². The van der Waals surface area contributed by atoms with Crippen molar-refractivity contribution in [2.45, 2.75) is 26.7 Å². The molecule has 0 spiro atoms. The fourth-order valence-corrected chi connectivity index (χ4v) is 1.26. The second kappa shape index (κ2) is 5.90. The number of hydrogen-bond acceptors (Lipinski definition) is 3. The lowest BCUT2D eigenvalue weighted by atomic mass is 10.1. The monoisotopic (exact) mass is 219 g/mol. The lowest BCUT2D eigenvalue weighted by Gasteiger charge is -2.03. The van der Waals surface area contributed by atoms with Crippen LogP contribution in [0, 0.1) is 0 Å². The molecule has 1 rings (SSSR count). The fourth-order valence-electron chi connectivity index (χ4n) is 1.26. The summed E-state index contributed by atoms with van der Waals surface area (Å²) in [5.41, 5.74) is 10.5. The van der Waals surface area contributed by atoms with Crippen LogP contribution < -0.4 is 11.2 Å². The molecular formula is C12H17N3O. The first-order valence-corrected chi connectivity index (χ1v) is 5.32. The molecule has 86 valence electrons. The van der Waals surface area contributed by atoms with Gasteiger partial charge in [-0.3, -0.25) is 4.79 Å². The smallest absolute Gasteiger partial charge is 0.240 e. The molecule has 0 atom stereocenters. The van der Waals surface area contributed by atoms with Crippen LogP contribution in [0.15, 0.2) is 29.4 Å². The van der Waals surface area contributed by atoms with Crippen LogP contribution in [-0.2, 0) is 4.79 Å². The van der Waals surface area contributed by atoms with Gasteiger partial charge >= 0.3 is 0 Å². The van der Waals surface area contributed by atoms with Gasteiger partial charge in [0.25, 0.3) is 0 Å². The zero-order valence-electron chi connectivity index (χ0n) is 9.66. The average Bonchev–Trinajstić information content (AvgIpc) is 2.26. The molecule has 0 aliphatic rings. The Kier molecular flexibility index (Phi) is 4.51. The molecule has 0 saturated heterocycles. The van der Waals surface area contributed by atoms with E-state index in [2.05, 4.69) is 10.5 Å². The zero-order valence-corrected chi connectivity index (χ0v) is 9.66. The Morgan fingerprint density at radius 2 is 2.25 bits per heavy atom. The Hall–Kier alpha value is -1.84. The van der Waals surface area contributed by atoms with Crippen LogP contribution in [0.4, 0.5) is 5.69 Å². The molecule has 0 fully saturated rings. The Bertz CT molecular complexity index is 399. The first-order valence-electron chi connectivity index (χ1n) is 5.32. The molecule has 4 nitrogen and oxygen atoms in total. The lowest BCUT2D eigenvalue weighted by molar-refractivity contribution is -0.121. The van der Waals surface area contributed by atoms with Gasteiger partial charge in [0.1, 0.15) is 0 Å². The number of carbonyl (C=O) groups is 1. The van der Waals surface area contributed by atoms with Crippen molar-refractivity contribution >= 4 is 17.3 Å². The fraction of sp³-hybridized carbons (Fsp3) is 0.333. The molecule has 0 aliphatic carbocycles. The number of amides is 1. The molecule has 1 aromatic rings. The summed E-state index contributed by atoms with van der Waals surface area (Å²) in [6.07, 6.45) is 1.31. The zero-order chi connectivity index (χ0) is 12.0. The molecule has 0 bridgehead atoms. The second-order valence-electron chi connectivity index (χ2n) is 3.61. The van der Waals surface area contributed by atoms with Gasteiger partial charge in [-0.05, 0) is 31.0 Å². The SMILES string of the molecule is CCCC(=O)N/N=C(\C)c1cccc(N)c1. The van der Waals surface area contributed by atoms with Crippen molar-refractivity contribution in [3.8, 4) is 0 Å². The first-order chi connectivity index (χ1) is 7.63. The van der Waals surface area contributed by atoms with Crippen molar-refractivity contribution in [3.05, 3.63) is 29.8 Å². The number of rotatable bonds is 4. The maximum Gasteiger partial charge on any atom is 0.240 e. The van der Waals surface area contributed by atoms with E-state index in [4.69, 9.17) is 5.73 Å². The Balaban J connectivity index is 2.67. The lowest BCUT2D eigenvalue weighted by Crippen LogP contribution is -2.18. The van der Waals surface area contributed by atoms with Crippen molar-refractivity contribution in [3.63, 3.8) is 0 Å². The molecule has 0 unspecified atom stereocenters. The molecule has 3 N–H and O–H groups in total. The van der Waals surface area contributed by atoms with E-state index < -0.39 is 0 Å². The van der Waals surface area contributed by atoms with E-state index in [1.165, 1.54) is 0 Å². The van der Waals surface area contributed by atoms with Crippen molar-refractivity contribution in [1.29, 1.82) is 0 Å². The third-order valence-electron chi connectivity index (χ3n) is 2.13. The maximum atomic E-state index is 11.2. The first kappa shape index (κ1) is 12.2. The van der Waals surface area contributed by atoms with Gasteiger partial charge in [-0.15, -0.1) is 0 Å². The van der Waals surface area contributed by atoms with Gasteiger partial charge in [0, 0.05) is 12.1 Å². The largest absolute Gasteiger partial charge is 0.399 e. The standard InChI is InChI=1S/C12H17N3O/c1-3-5-12(16)15-14-9(2)10-6-4-7-11(13)8-10/h4,6-8H,3,5,13H2,1-2H3,(H,15,16)/b14-9+. The van der Waals surface area contributed by atoms with Crippen LogP contribution in [0.5, 0.6) is 0 Å². The van der Waals surface area contributed by atoms with Gasteiger partial charge in [-0.1, -0.05) is 19.1 Å². The third-order valence-corrected chi connectivity index (χ3v) is 2.13. The predicted octanol–water partition coefficient (Wildman–Crippen LogP) is 1.91. The van der Waals surface area contributed by atoms with Gasteiger partial charge < -0.3 is 5.73 Å². The quantitative estimate of drug-likeness (QED) is 0.461. The molecule has 0 heterocycles. The topological polar surface area (TPSA) is 67.5 Å². The number of nitrogen functional groups attached to an aromatic ring is 1. The minimum atomic E-state index is -0.0641. The molecule has 1 amide bonds. The Morgan fingerprint density at radius 1 is 1.50 bits per heavy atom. The molecule has 0 saturated carbocycles. The van der Waals surface area contributed by atoms with E-state index in [9.17, 15) is 4.79 Å². The van der Waals surface area contributed by atoms with Crippen molar-refractivity contribution in [2.75, 3.05) is 5.73 Å². The number of benzene rings is 1. The molecular weight excluding hydrogens is 202 g/mol. The molecule has 0 aliphatic heterocycles. The van der Waals surface area contributed by atoms with Crippen LogP contribution in [0.2, 0.25) is 0 Å². The second-order valence-corrected chi connectivity index (χ2v) is 3.61. The highest BCUT2D eigenvalue weighted by atomic mass is 16.2. The van der Waals surface area contributed by atoms with Crippen LogP contribution >= 0.6 is 0 Å². The molecule has 4 heteroatoms. The van der Waals surface area contributed by atoms with Gasteiger partial charge in [0.2, 0.25) is 5.91 Å². The maximum absolute atomic E-state index is 11.2. The molecule has 0 radical (unpaired) electrons. The van der Waals surface area contributed by atoms with Crippen molar-refractivity contribution < 1.29 is 4.79 Å². The summed E-state index contributed by atoms with van der Waals surface area (Å²) in [4.78, 5) is 11.2. The number of hydrogen-bond donors (Lipinski definition) is 2.